The number of carbonyl (C=O) groups is 1. The zero-order valence-corrected chi connectivity index (χ0v) is 15.7. The van der Waals surface area contributed by atoms with Crippen LogP contribution < -0.4 is 5.48 Å². The van der Waals surface area contributed by atoms with E-state index in [9.17, 15) is 13.2 Å². The summed E-state index contributed by atoms with van der Waals surface area (Å²) in [5.41, 5.74) is 1.46. The number of likely N-dealkylation sites (N-methyl/N-ethyl adjacent to an activating group) is 1. The van der Waals surface area contributed by atoms with Crippen LogP contribution in [0, 0.1) is 0 Å². The van der Waals surface area contributed by atoms with E-state index in [2.05, 4.69) is 16.7 Å². The predicted molar refractivity (Wildman–Crippen MR) is 91.2 cm³/mol. The van der Waals surface area contributed by atoms with Crippen molar-refractivity contribution in [2.45, 2.75) is 44.4 Å². The van der Waals surface area contributed by atoms with Crippen LogP contribution in [0.25, 0.3) is 0 Å². The summed E-state index contributed by atoms with van der Waals surface area (Å²) in [4.78, 5) is 16.6. The molecule has 0 aromatic heterocycles. The third-order valence-electron chi connectivity index (χ3n) is 5.43. The number of nitrogens with one attached hydrogen (secondary N) is 1. The average Bonchev–Trinajstić information content (AvgIpc) is 2.61. The Balaban J connectivity index is 1.94. The summed E-state index contributed by atoms with van der Waals surface area (Å²) in [6, 6.07) is 0.408. The molecule has 2 rings (SSSR count). The molecule has 9 heteroatoms. The van der Waals surface area contributed by atoms with Gasteiger partial charge >= 0.3 is 0 Å². The first-order valence-electron chi connectivity index (χ1n) is 8.64. The second-order valence-corrected chi connectivity index (χ2v) is 9.54. The average molecular weight is 362 g/mol. The molecule has 1 amide bonds. The van der Waals surface area contributed by atoms with Gasteiger partial charge in [-0.2, -0.15) is 0 Å². The van der Waals surface area contributed by atoms with Crippen LogP contribution >= 0.6 is 0 Å². The van der Waals surface area contributed by atoms with Crippen LogP contribution in [0.5, 0.6) is 0 Å². The van der Waals surface area contributed by atoms with Crippen LogP contribution in [0.15, 0.2) is 0 Å². The highest BCUT2D eigenvalue weighted by Gasteiger charge is 2.46. The van der Waals surface area contributed by atoms with E-state index in [1.165, 1.54) is 23.6 Å². The van der Waals surface area contributed by atoms with Gasteiger partial charge in [0.15, 0.2) is 4.75 Å². The van der Waals surface area contributed by atoms with Gasteiger partial charge in [-0.25, -0.2) is 18.2 Å². The van der Waals surface area contributed by atoms with Crippen molar-refractivity contribution in [3.8, 4) is 0 Å². The standard InChI is InChI=1S/C15H30N4O4S/c1-4-17-9-11-18(12-10-17)13-5-7-19(8-6-13)24(22,23)15(2,3)14(20)16-21/h13,21H,4-12H2,1-3H3,(H,16,20). The zero-order valence-electron chi connectivity index (χ0n) is 14.9. The lowest BCUT2D eigenvalue weighted by molar-refractivity contribution is -0.131. The van der Waals surface area contributed by atoms with Crippen LogP contribution in [0.2, 0.25) is 0 Å². The van der Waals surface area contributed by atoms with Crippen molar-refractivity contribution in [2.24, 2.45) is 0 Å². The van der Waals surface area contributed by atoms with Crippen LogP contribution in [0.4, 0.5) is 0 Å². The minimum Gasteiger partial charge on any atom is -0.301 e. The van der Waals surface area contributed by atoms with E-state index in [4.69, 9.17) is 5.21 Å². The second-order valence-electron chi connectivity index (χ2n) is 7.06. The van der Waals surface area contributed by atoms with Crippen molar-refractivity contribution < 1.29 is 18.4 Å². The molecule has 0 unspecified atom stereocenters. The number of sulfonamides is 1. The normalized spacial score (nSPS) is 23.3. The highest BCUT2D eigenvalue weighted by atomic mass is 32.2. The first kappa shape index (κ1) is 19.6. The molecule has 0 saturated carbocycles. The number of hydroxylamine groups is 1. The number of hydrogen-bond acceptors (Lipinski definition) is 6. The Morgan fingerprint density at radius 3 is 2.12 bits per heavy atom. The van der Waals surface area contributed by atoms with Gasteiger partial charge in [0, 0.05) is 45.3 Å². The maximum Gasteiger partial charge on any atom is 0.265 e. The van der Waals surface area contributed by atoms with Crippen molar-refractivity contribution in [2.75, 3.05) is 45.8 Å². The van der Waals surface area contributed by atoms with Gasteiger partial charge in [0.2, 0.25) is 10.0 Å². The second kappa shape index (κ2) is 7.65. The largest absolute Gasteiger partial charge is 0.301 e. The van der Waals surface area contributed by atoms with Crippen LogP contribution in [-0.4, -0.2) is 90.2 Å². The Hall–Kier alpha value is -0.740. The molecule has 140 valence electrons. The van der Waals surface area contributed by atoms with E-state index in [1.807, 2.05) is 0 Å². The minimum atomic E-state index is -3.81. The highest BCUT2D eigenvalue weighted by molar-refractivity contribution is 7.91. The van der Waals surface area contributed by atoms with E-state index < -0.39 is 20.7 Å². The van der Waals surface area contributed by atoms with Gasteiger partial charge in [-0.05, 0) is 33.2 Å². The first-order valence-corrected chi connectivity index (χ1v) is 10.1. The van der Waals surface area contributed by atoms with Crippen LogP contribution in [0.1, 0.15) is 33.6 Å². The first-order chi connectivity index (χ1) is 11.2. The molecule has 2 fully saturated rings. The van der Waals surface area contributed by atoms with Crippen molar-refractivity contribution in [3.05, 3.63) is 0 Å². The SMILES string of the molecule is CCN1CCN(C2CCN(S(=O)(=O)C(C)(C)C(=O)NO)CC2)CC1. The van der Waals surface area contributed by atoms with Crippen molar-refractivity contribution >= 4 is 15.9 Å². The van der Waals surface area contributed by atoms with Crippen molar-refractivity contribution in [3.63, 3.8) is 0 Å². The minimum absolute atomic E-state index is 0.408. The van der Waals surface area contributed by atoms with Crippen molar-refractivity contribution in [1.29, 1.82) is 0 Å². The topological polar surface area (TPSA) is 93.2 Å². The number of carbonyl (C=O) groups excluding carboxylic acids is 1. The Morgan fingerprint density at radius 1 is 1.12 bits per heavy atom. The molecule has 2 aliphatic heterocycles. The van der Waals surface area contributed by atoms with Crippen molar-refractivity contribution in [1.82, 2.24) is 19.6 Å². The molecule has 8 nitrogen and oxygen atoms in total. The Kier molecular flexibility index (Phi) is 6.24. The fourth-order valence-electron chi connectivity index (χ4n) is 3.47. The zero-order chi connectivity index (χ0) is 18.0. The molecule has 2 N–H and O–H groups in total. The Labute approximate surface area is 144 Å². The van der Waals surface area contributed by atoms with Gasteiger partial charge in [0.05, 0.1) is 0 Å². The van der Waals surface area contributed by atoms with Gasteiger partial charge in [-0.1, -0.05) is 6.92 Å². The number of hydrogen-bond donors (Lipinski definition) is 2. The number of piperidine rings is 1. The van der Waals surface area contributed by atoms with Gasteiger partial charge in [0.1, 0.15) is 0 Å². The lowest BCUT2D eigenvalue weighted by Crippen LogP contribution is -2.57. The molecule has 0 bridgehead atoms. The number of rotatable bonds is 5. The Bertz CT molecular complexity index is 536. The maximum atomic E-state index is 12.7. The summed E-state index contributed by atoms with van der Waals surface area (Å²) in [6.07, 6.45) is 1.56. The molecular formula is C15H30N4O4S. The summed E-state index contributed by atoms with van der Waals surface area (Å²) in [5.74, 6) is -0.902. The molecular weight excluding hydrogens is 332 g/mol. The van der Waals surface area contributed by atoms with E-state index in [0.29, 0.717) is 19.1 Å². The molecule has 0 aromatic carbocycles. The molecule has 0 aliphatic carbocycles. The molecule has 0 radical (unpaired) electrons. The van der Waals surface area contributed by atoms with E-state index in [0.717, 1.165) is 45.6 Å². The number of amides is 1. The molecule has 0 aromatic rings. The smallest absolute Gasteiger partial charge is 0.265 e. The van der Waals surface area contributed by atoms with Gasteiger partial charge in [0.25, 0.3) is 5.91 Å². The van der Waals surface area contributed by atoms with Gasteiger partial charge < -0.3 is 4.90 Å². The fourth-order valence-corrected chi connectivity index (χ4v) is 5.08. The van der Waals surface area contributed by atoms with Gasteiger partial charge in [-0.3, -0.25) is 14.9 Å². The number of piperazine rings is 1. The molecule has 0 spiro atoms. The summed E-state index contributed by atoms with van der Waals surface area (Å²) in [5, 5.41) is 8.79. The molecule has 2 aliphatic rings. The molecule has 24 heavy (non-hydrogen) atoms. The van der Waals surface area contributed by atoms with E-state index >= 15 is 0 Å². The molecule has 2 saturated heterocycles. The quantitative estimate of drug-likeness (QED) is 0.515. The van der Waals surface area contributed by atoms with Crippen LogP contribution in [0.3, 0.4) is 0 Å². The van der Waals surface area contributed by atoms with E-state index in [1.54, 1.807) is 0 Å². The van der Waals surface area contributed by atoms with E-state index in [-0.39, 0.29) is 0 Å². The third-order valence-corrected chi connectivity index (χ3v) is 7.95. The third kappa shape index (κ3) is 3.75. The lowest BCUT2D eigenvalue weighted by atomic mass is 10.0. The fraction of sp³-hybridized carbons (Fsp3) is 0.933. The monoisotopic (exact) mass is 362 g/mol. The lowest BCUT2D eigenvalue weighted by Gasteiger charge is -2.43. The predicted octanol–water partition coefficient (Wildman–Crippen LogP) is -0.298. The Morgan fingerprint density at radius 2 is 1.67 bits per heavy atom. The molecule has 2 heterocycles. The van der Waals surface area contributed by atoms with Crippen LogP contribution in [-0.2, 0) is 14.8 Å². The summed E-state index contributed by atoms with van der Waals surface area (Å²) in [7, 11) is -3.81. The summed E-state index contributed by atoms with van der Waals surface area (Å²) in [6.45, 7) is 10.9. The summed E-state index contributed by atoms with van der Waals surface area (Å²) >= 11 is 0. The number of nitrogens with zero attached hydrogens (tertiary/aromatic N) is 3. The summed E-state index contributed by atoms with van der Waals surface area (Å²) < 4.78 is 25.1. The molecule has 0 atom stereocenters. The van der Waals surface area contributed by atoms with Gasteiger partial charge in [-0.15, -0.1) is 0 Å². The maximum absolute atomic E-state index is 12.7. The highest BCUT2D eigenvalue weighted by Crippen LogP contribution is 2.26.